The van der Waals surface area contributed by atoms with E-state index in [9.17, 15) is 9.90 Å². The first-order valence-corrected chi connectivity index (χ1v) is 9.42. The molecule has 0 aliphatic carbocycles. The highest BCUT2D eigenvalue weighted by Gasteiger charge is 2.32. The molecule has 0 radical (unpaired) electrons. The monoisotopic (exact) mass is 367 g/mol. The highest BCUT2D eigenvalue weighted by Crippen LogP contribution is 2.30. The maximum Gasteiger partial charge on any atom is 0.303 e. The van der Waals surface area contributed by atoms with Gasteiger partial charge in [-0.15, -0.1) is 0 Å². The van der Waals surface area contributed by atoms with Crippen LogP contribution in [-0.4, -0.2) is 48.6 Å². The van der Waals surface area contributed by atoms with Crippen molar-refractivity contribution in [3.8, 4) is 0 Å². The summed E-state index contributed by atoms with van der Waals surface area (Å²) in [4.78, 5) is 25.8. The second kappa shape index (κ2) is 7.52. The molecule has 1 aliphatic rings. The van der Waals surface area contributed by atoms with Gasteiger partial charge < -0.3 is 14.7 Å². The molecular weight excluding hydrogens is 342 g/mol. The number of imidazole rings is 2. The number of carboxylic acid groups (broad SMARTS) is 1. The van der Waals surface area contributed by atoms with Crippen molar-refractivity contribution in [3.63, 3.8) is 0 Å². The molecule has 3 aromatic rings. The predicted molar refractivity (Wildman–Crippen MR) is 102 cm³/mol. The lowest BCUT2D eigenvalue weighted by Crippen LogP contribution is -2.42. The van der Waals surface area contributed by atoms with E-state index in [-0.39, 0.29) is 18.3 Å². The highest BCUT2D eigenvalue weighted by molar-refractivity contribution is 5.75. The van der Waals surface area contributed by atoms with E-state index in [1.165, 1.54) is 0 Å². The summed E-state index contributed by atoms with van der Waals surface area (Å²) in [6, 6.07) is 8.12. The van der Waals surface area contributed by atoms with Gasteiger partial charge in [-0.1, -0.05) is 12.1 Å². The van der Waals surface area contributed by atoms with Crippen molar-refractivity contribution < 1.29 is 9.90 Å². The molecule has 2 aromatic heterocycles. The van der Waals surface area contributed by atoms with E-state index in [1.54, 1.807) is 6.33 Å². The smallest absolute Gasteiger partial charge is 0.303 e. The Labute approximate surface area is 158 Å². The van der Waals surface area contributed by atoms with Gasteiger partial charge in [-0.25, -0.2) is 9.97 Å². The third-order valence-corrected chi connectivity index (χ3v) is 5.69. The number of aryl methyl sites for hydroxylation is 1. The number of aromatic nitrogens is 4. The molecule has 1 saturated heterocycles. The number of aliphatic carboxylic acids is 1. The first-order valence-electron chi connectivity index (χ1n) is 9.42. The molecule has 7 heteroatoms. The van der Waals surface area contributed by atoms with Crippen LogP contribution in [0.4, 0.5) is 0 Å². The average molecular weight is 367 g/mol. The molecule has 0 saturated carbocycles. The van der Waals surface area contributed by atoms with Crippen molar-refractivity contribution in [1.29, 1.82) is 0 Å². The number of piperidine rings is 1. The fraction of sp³-hybridized carbons (Fsp3) is 0.450. The number of benzene rings is 1. The molecule has 7 nitrogen and oxygen atoms in total. The lowest BCUT2D eigenvalue weighted by molar-refractivity contribution is -0.139. The molecule has 0 bridgehead atoms. The van der Waals surface area contributed by atoms with Crippen LogP contribution >= 0.6 is 0 Å². The van der Waals surface area contributed by atoms with Crippen LogP contribution < -0.4 is 0 Å². The summed E-state index contributed by atoms with van der Waals surface area (Å²) in [5.41, 5.74) is 3.20. The number of likely N-dealkylation sites (tertiary alicyclic amines) is 1. The molecular formula is C20H25N5O2. The van der Waals surface area contributed by atoms with Crippen molar-refractivity contribution in [1.82, 2.24) is 24.4 Å². The summed E-state index contributed by atoms with van der Waals surface area (Å²) < 4.78 is 2.14. The SMILES string of the molecule is Cn1c(CC2CN(Cc3cnc[nH]3)CCC2CC(=O)O)nc2ccccc21. The fourth-order valence-corrected chi connectivity index (χ4v) is 4.25. The van der Waals surface area contributed by atoms with E-state index in [2.05, 4.69) is 25.5 Å². The van der Waals surface area contributed by atoms with Crippen molar-refractivity contribution in [3.05, 3.63) is 48.3 Å². The third kappa shape index (κ3) is 3.88. The summed E-state index contributed by atoms with van der Waals surface area (Å²) in [5.74, 6) is 0.769. The Morgan fingerprint density at radius 1 is 1.33 bits per heavy atom. The maximum atomic E-state index is 11.4. The number of hydrogen-bond donors (Lipinski definition) is 2. The number of carbonyl (C=O) groups is 1. The van der Waals surface area contributed by atoms with Crippen molar-refractivity contribution >= 4 is 17.0 Å². The lowest BCUT2D eigenvalue weighted by Gasteiger charge is -2.38. The van der Waals surface area contributed by atoms with E-state index in [1.807, 2.05) is 31.4 Å². The number of aromatic amines is 1. The molecule has 3 heterocycles. The van der Waals surface area contributed by atoms with Gasteiger partial charge in [-0.2, -0.15) is 0 Å². The fourth-order valence-electron chi connectivity index (χ4n) is 4.25. The summed E-state index contributed by atoms with van der Waals surface area (Å²) in [6.07, 6.45) is 5.47. The van der Waals surface area contributed by atoms with Crippen LogP contribution in [-0.2, 0) is 24.8 Å². The Morgan fingerprint density at radius 3 is 2.93 bits per heavy atom. The lowest BCUT2D eigenvalue weighted by atomic mass is 9.81. The zero-order valence-corrected chi connectivity index (χ0v) is 15.5. The number of H-pyrrole nitrogens is 1. The number of rotatable bonds is 6. The number of hydrogen-bond acceptors (Lipinski definition) is 4. The average Bonchev–Trinajstić information content (AvgIpc) is 3.26. The quantitative estimate of drug-likeness (QED) is 0.699. The van der Waals surface area contributed by atoms with Crippen molar-refractivity contribution in [2.45, 2.75) is 25.8 Å². The van der Waals surface area contributed by atoms with Gasteiger partial charge in [0, 0.05) is 44.9 Å². The van der Waals surface area contributed by atoms with Gasteiger partial charge in [-0.3, -0.25) is 9.69 Å². The van der Waals surface area contributed by atoms with Gasteiger partial charge in [0.05, 0.1) is 17.4 Å². The van der Waals surface area contributed by atoms with Crippen LogP contribution in [0, 0.1) is 11.8 Å². The molecule has 0 spiro atoms. The minimum Gasteiger partial charge on any atom is -0.481 e. The first-order chi connectivity index (χ1) is 13.1. The van der Waals surface area contributed by atoms with E-state index in [0.29, 0.717) is 0 Å². The van der Waals surface area contributed by atoms with Gasteiger partial charge in [-0.05, 0) is 36.9 Å². The van der Waals surface area contributed by atoms with E-state index in [4.69, 9.17) is 4.98 Å². The Morgan fingerprint density at radius 2 is 2.19 bits per heavy atom. The molecule has 1 aromatic carbocycles. The van der Waals surface area contributed by atoms with Gasteiger partial charge >= 0.3 is 5.97 Å². The van der Waals surface area contributed by atoms with Gasteiger partial charge in [0.1, 0.15) is 5.82 Å². The number of nitrogens with one attached hydrogen (secondary N) is 1. The number of carboxylic acids is 1. The molecule has 4 rings (SSSR count). The largest absolute Gasteiger partial charge is 0.481 e. The number of nitrogens with zero attached hydrogens (tertiary/aromatic N) is 4. The Balaban J connectivity index is 1.54. The molecule has 2 N–H and O–H groups in total. The zero-order valence-electron chi connectivity index (χ0n) is 15.5. The van der Waals surface area contributed by atoms with Crippen LogP contribution in [0.1, 0.15) is 24.4 Å². The third-order valence-electron chi connectivity index (χ3n) is 5.69. The molecule has 142 valence electrons. The van der Waals surface area contributed by atoms with Crippen molar-refractivity contribution in [2.24, 2.45) is 18.9 Å². The second-order valence-electron chi connectivity index (χ2n) is 7.50. The summed E-state index contributed by atoms with van der Waals surface area (Å²) in [5, 5.41) is 9.34. The molecule has 2 atom stereocenters. The van der Waals surface area contributed by atoms with Crippen LogP contribution in [0.2, 0.25) is 0 Å². The molecule has 0 amide bonds. The van der Waals surface area contributed by atoms with Crippen LogP contribution in [0.3, 0.4) is 0 Å². The number of para-hydroxylation sites is 2. The van der Waals surface area contributed by atoms with Crippen LogP contribution in [0.25, 0.3) is 11.0 Å². The second-order valence-corrected chi connectivity index (χ2v) is 7.50. The van der Waals surface area contributed by atoms with Gasteiger partial charge in [0.15, 0.2) is 0 Å². The Kier molecular flexibility index (Phi) is 4.94. The van der Waals surface area contributed by atoms with E-state index >= 15 is 0 Å². The van der Waals surface area contributed by atoms with Crippen LogP contribution in [0.15, 0.2) is 36.8 Å². The predicted octanol–water partition coefficient (Wildman–Crippen LogP) is 2.45. The zero-order chi connectivity index (χ0) is 18.8. The van der Waals surface area contributed by atoms with Gasteiger partial charge in [0.2, 0.25) is 0 Å². The topological polar surface area (TPSA) is 87.0 Å². The van der Waals surface area contributed by atoms with Crippen molar-refractivity contribution in [2.75, 3.05) is 13.1 Å². The standard InChI is InChI=1S/C20H25N5O2/c1-24-18-5-3-2-4-17(18)23-19(24)8-15-11-25(12-16-10-21-13-22-16)7-6-14(15)9-20(26)27/h2-5,10,13-15H,6-9,11-12H2,1H3,(H,21,22)(H,26,27). The molecule has 2 unspecified atom stereocenters. The summed E-state index contributed by atoms with van der Waals surface area (Å²) in [6.45, 7) is 2.61. The number of fused-ring (bicyclic) bond motifs is 1. The summed E-state index contributed by atoms with van der Waals surface area (Å²) >= 11 is 0. The molecule has 27 heavy (non-hydrogen) atoms. The van der Waals surface area contributed by atoms with Crippen LogP contribution in [0.5, 0.6) is 0 Å². The van der Waals surface area contributed by atoms with E-state index < -0.39 is 5.97 Å². The van der Waals surface area contributed by atoms with E-state index in [0.717, 1.165) is 55.0 Å². The molecule has 1 fully saturated rings. The first kappa shape index (κ1) is 17.7. The highest BCUT2D eigenvalue weighted by atomic mass is 16.4. The minimum absolute atomic E-state index is 0.181. The Bertz CT molecular complexity index is 918. The Hall–Kier alpha value is -2.67. The molecule has 1 aliphatic heterocycles. The normalized spacial score (nSPS) is 20.9. The minimum atomic E-state index is -0.711. The maximum absolute atomic E-state index is 11.4. The van der Waals surface area contributed by atoms with Gasteiger partial charge in [0.25, 0.3) is 0 Å². The summed E-state index contributed by atoms with van der Waals surface area (Å²) in [7, 11) is 2.04.